The van der Waals surface area contributed by atoms with Crippen LogP contribution in [0.25, 0.3) is 0 Å². The number of aryl methyl sites for hydroxylation is 1. The molecule has 0 bridgehead atoms. The molecule has 1 saturated heterocycles. The fourth-order valence-corrected chi connectivity index (χ4v) is 5.24. The molecule has 0 radical (unpaired) electrons. The first-order valence-corrected chi connectivity index (χ1v) is 13.5. The van der Waals surface area contributed by atoms with Crippen molar-refractivity contribution >= 4 is 17.3 Å². The van der Waals surface area contributed by atoms with Crippen molar-refractivity contribution in [3.05, 3.63) is 94.5 Å². The molecular formula is C31H39ClN2O2. The summed E-state index contributed by atoms with van der Waals surface area (Å²) >= 11 is 6.28. The van der Waals surface area contributed by atoms with E-state index >= 15 is 0 Å². The molecule has 192 valence electrons. The van der Waals surface area contributed by atoms with Crippen molar-refractivity contribution in [2.24, 2.45) is 0 Å². The lowest BCUT2D eigenvalue weighted by atomic mass is 9.78. The maximum Gasteiger partial charge on any atom is 0.119 e. The largest absolute Gasteiger partial charge is 0.494 e. The maximum atomic E-state index is 11.9. The van der Waals surface area contributed by atoms with Gasteiger partial charge in [0.1, 0.15) is 5.75 Å². The average Bonchev–Trinajstić information content (AvgIpc) is 2.90. The van der Waals surface area contributed by atoms with Crippen molar-refractivity contribution in [2.75, 3.05) is 44.2 Å². The Bertz CT molecular complexity index is 1090. The molecule has 0 amide bonds. The van der Waals surface area contributed by atoms with Gasteiger partial charge in [-0.3, -0.25) is 4.90 Å². The molecule has 1 aliphatic rings. The number of hydrogen-bond donors (Lipinski definition) is 1. The van der Waals surface area contributed by atoms with Gasteiger partial charge in [-0.2, -0.15) is 0 Å². The van der Waals surface area contributed by atoms with Crippen LogP contribution in [0.5, 0.6) is 5.75 Å². The zero-order valence-corrected chi connectivity index (χ0v) is 22.5. The van der Waals surface area contributed by atoms with Crippen LogP contribution in [0.1, 0.15) is 49.3 Å². The first-order chi connectivity index (χ1) is 17.4. The van der Waals surface area contributed by atoms with Gasteiger partial charge in [-0.05, 0) is 61.2 Å². The normalized spacial score (nSPS) is 17.0. The summed E-state index contributed by atoms with van der Waals surface area (Å²) in [6, 6.07) is 24.5. The van der Waals surface area contributed by atoms with Crippen LogP contribution in [0.2, 0.25) is 5.02 Å². The Labute approximate surface area is 221 Å². The van der Waals surface area contributed by atoms with E-state index in [4.69, 9.17) is 16.3 Å². The lowest BCUT2D eigenvalue weighted by Crippen LogP contribution is -2.49. The molecule has 3 aromatic carbocycles. The first-order valence-electron chi connectivity index (χ1n) is 13.1. The van der Waals surface area contributed by atoms with Gasteiger partial charge in [0.25, 0.3) is 0 Å². The molecule has 3 aromatic rings. The van der Waals surface area contributed by atoms with Crippen LogP contribution >= 0.6 is 11.6 Å². The van der Waals surface area contributed by atoms with Crippen LogP contribution in [0.3, 0.4) is 0 Å². The minimum absolute atomic E-state index is 0.0648. The fraction of sp³-hybridized carbons (Fsp3) is 0.419. The maximum absolute atomic E-state index is 11.9. The van der Waals surface area contributed by atoms with Crippen LogP contribution in [0, 0.1) is 6.92 Å². The van der Waals surface area contributed by atoms with Crippen LogP contribution < -0.4 is 9.64 Å². The van der Waals surface area contributed by atoms with Gasteiger partial charge in [0.05, 0.1) is 12.2 Å². The lowest BCUT2D eigenvalue weighted by molar-refractivity contribution is 0.0121. The number of rotatable bonds is 10. The molecule has 0 spiro atoms. The highest BCUT2D eigenvalue weighted by molar-refractivity contribution is 6.30. The van der Waals surface area contributed by atoms with Crippen LogP contribution in [0.15, 0.2) is 72.8 Å². The van der Waals surface area contributed by atoms with Crippen molar-refractivity contribution in [2.45, 2.75) is 45.1 Å². The summed E-state index contributed by atoms with van der Waals surface area (Å²) < 4.78 is 5.84. The summed E-state index contributed by atoms with van der Waals surface area (Å²) in [5, 5.41) is 12.7. The Morgan fingerprint density at radius 3 is 2.33 bits per heavy atom. The van der Waals surface area contributed by atoms with E-state index in [1.807, 2.05) is 43.3 Å². The van der Waals surface area contributed by atoms with Crippen molar-refractivity contribution in [3.63, 3.8) is 0 Å². The molecule has 1 heterocycles. The summed E-state index contributed by atoms with van der Waals surface area (Å²) in [6.45, 7) is 11.5. The van der Waals surface area contributed by atoms with Crippen LogP contribution in [-0.2, 0) is 5.60 Å². The molecule has 1 aliphatic heterocycles. The number of piperazine rings is 1. The van der Waals surface area contributed by atoms with Crippen LogP contribution in [-0.4, -0.2) is 49.3 Å². The van der Waals surface area contributed by atoms with Crippen LogP contribution in [0.4, 0.5) is 5.69 Å². The predicted octanol–water partition coefficient (Wildman–Crippen LogP) is 6.64. The Balaban J connectivity index is 1.49. The molecule has 0 aliphatic carbocycles. The summed E-state index contributed by atoms with van der Waals surface area (Å²) in [5.41, 5.74) is 3.51. The fourth-order valence-electron chi connectivity index (χ4n) is 5.07. The van der Waals surface area contributed by atoms with Gasteiger partial charge in [0, 0.05) is 49.4 Å². The number of unbranched alkanes of at least 4 members (excludes halogenated alkanes) is 1. The summed E-state index contributed by atoms with van der Waals surface area (Å²) in [7, 11) is 0. The van der Waals surface area contributed by atoms with E-state index in [1.54, 1.807) is 0 Å². The molecule has 4 nitrogen and oxygen atoms in total. The predicted molar refractivity (Wildman–Crippen MR) is 150 cm³/mol. The van der Waals surface area contributed by atoms with E-state index in [0.29, 0.717) is 0 Å². The van der Waals surface area contributed by atoms with Crippen molar-refractivity contribution in [1.29, 1.82) is 0 Å². The summed E-state index contributed by atoms with van der Waals surface area (Å²) in [6.07, 6.45) is 2.15. The second-order valence-corrected chi connectivity index (χ2v) is 10.5. The minimum Gasteiger partial charge on any atom is -0.494 e. The number of ether oxygens (including phenoxy) is 1. The molecule has 0 aromatic heterocycles. The topological polar surface area (TPSA) is 35.9 Å². The minimum atomic E-state index is -1.02. The van der Waals surface area contributed by atoms with Crippen molar-refractivity contribution < 1.29 is 9.84 Å². The van der Waals surface area contributed by atoms with E-state index in [2.05, 4.69) is 60.0 Å². The quantitative estimate of drug-likeness (QED) is 0.313. The Hall–Kier alpha value is -2.53. The van der Waals surface area contributed by atoms with E-state index in [9.17, 15) is 5.11 Å². The van der Waals surface area contributed by atoms with Crippen molar-refractivity contribution in [1.82, 2.24) is 4.90 Å². The molecule has 36 heavy (non-hydrogen) atoms. The Morgan fingerprint density at radius 1 is 0.972 bits per heavy atom. The number of nitrogens with zero attached hydrogens (tertiary/aromatic N) is 2. The second-order valence-electron chi connectivity index (χ2n) is 10.1. The van der Waals surface area contributed by atoms with Gasteiger partial charge in [-0.1, -0.05) is 73.5 Å². The highest BCUT2D eigenvalue weighted by Crippen LogP contribution is 2.38. The Morgan fingerprint density at radius 2 is 1.67 bits per heavy atom. The third kappa shape index (κ3) is 6.42. The summed E-state index contributed by atoms with van der Waals surface area (Å²) in [5.74, 6) is 0.789. The van der Waals surface area contributed by atoms with E-state index in [-0.39, 0.29) is 5.92 Å². The number of benzene rings is 3. The van der Waals surface area contributed by atoms with Gasteiger partial charge in [-0.25, -0.2) is 0 Å². The molecule has 5 heteroatoms. The summed E-state index contributed by atoms with van der Waals surface area (Å²) in [4.78, 5) is 4.90. The number of hydrogen-bond acceptors (Lipinski definition) is 4. The third-order valence-electron chi connectivity index (χ3n) is 7.41. The zero-order valence-electron chi connectivity index (χ0n) is 21.8. The van der Waals surface area contributed by atoms with Gasteiger partial charge in [-0.15, -0.1) is 0 Å². The van der Waals surface area contributed by atoms with E-state index in [0.717, 1.165) is 74.1 Å². The van der Waals surface area contributed by atoms with Gasteiger partial charge in [0.15, 0.2) is 0 Å². The van der Waals surface area contributed by atoms with Gasteiger partial charge >= 0.3 is 0 Å². The SMILES string of the molecule is CCCCOc1ccc([C@](C)(O)[C@@H](CN2CCN(c3cc(Cl)ccc3C)CC2)c2ccccc2)cc1. The first kappa shape index (κ1) is 26.5. The monoisotopic (exact) mass is 506 g/mol. The number of anilines is 1. The number of aliphatic hydroxyl groups is 1. The highest BCUT2D eigenvalue weighted by Gasteiger charge is 2.36. The van der Waals surface area contributed by atoms with Gasteiger partial charge in [0.2, 0.25) is 0 Å². The third-order valence-corrected chi connectivity index (χ3v) is 7.65. The molecular weight excluding hydrogens is 468 g/mol. The molecule has 1 N–H and O–H groups in total. The highest BCUT2D eigenvalue weighted by atomic mass is 35.5. The van der Waals surface area contributed by atoms with E-state index in [1.165, 1.54) is 11.3 Å². The van der Waals surface area contributed by atoms with E-state index < -0.39 is 5.60 Å². The smallest absolute Gasteiger partial charge is 0.119 e. The Kier molecular flexibility index (Phi) is 8.95. The lowest BCUT2D eigenvalue weighted by Gasteiger charge is -2.41. The molecule has 0 unspecified atom stereocenters. The molecule has 1 fully saturated rings. The van der Waals surface area contributed by atoms with Gasteiger partial charge < -0.3 is 14.7 Å². The van der Waals surface area contributed by atoms with Crippen molar-refractivity contribution in [3.8, 4) is 5.75 Å². The molecule has 0 saturated carbocycles. The number of halogens is 1. The zero-order chi connectivity index (χ0) is 25.5. The second kappa shape index (κ2) is 12.1. The molecule has 2 atom stereocenters. The average molecular weight is 507 g/mol. The standard InChI is InChI=1S/C31H39ClN2O2/c1-4-5-21-36-28-15-12-26(13-16-28)31(3,35)29(25-9-7-6-8-10-25)23-33-17-19-34(20-18-33)30-22-27(32)14-11-24(30)2/h6-16,22,29,35H,4-5,17-21,23H2,1-3H3/t29-,31-/m0/s1. The molecule has 4 rings (SSSR count).